The van der Waals surface area contributed by atoms with Crippen molar-refractivity contribution in [1.29, 1.82) is 0 Å². The first-order valence-corrected chi connectivity index (χ1v) is 6.67. The van der Waals surface area contributed by atoms with E-state index in [4.69, 9.17) is 0 Å². The van der Waals surface area contributed by atoms with Gasteiger partial charge in [0.2, 0.25) is 0 Å². The standard InChI is InChI=1S/C15H23N3.HI/c1-12-6-4-7-13(10-12)15(2,3)11-18-14-16-8-5-9-17-14;/h4,6-7,10H,5,8-9,11H2,1-3H3,(H2,16,17,18);1H. The Morgan fingerprint density at radius 2 is 2.16 bits per heavy atom. The third-order valence-corrected chi connectivity index (χ3v) is 3.39. The average Bonchev–Trinajstić information content (AvgIpc) is 2.38. The first-order chi connectivity index (χ1) is 8.58. The van der Waals surface area contributed by atoms with Gasteiger partial charge in [0.1, 0.15) is 0 Å². The van der Waals surface area contributed by atoms with Gasteiger partial charge in [-0.3, -0.25) is 4.99 Å². The van der Waals surface area contributed by atoms with Crippen LogP contribution in [-0.4, -0.2) is 25.6 Å². The van der Waals surface area contributed by atoms with Gasteiger partial charge in [0.25, 0.3) is 0 Å². The number of aryl methyl sites for hydroxylation is 1. The lowest BCUT2D eigenvalue weighted by Crippen LogP contribution is -2.45. The number of guanidine groups is 1. The molecule has 0 amide bonds. The number of nitrogens with zero attached hydrogens (tertiary/aromatic N) is 1. The Kier molecular flexibility index (Phi) is 6.10. The molecule has 1 aromatic rings. The summed E-state index contributed by atoms with van der Waals surface area (Å²) in [5.74, 6) is 0.946. The van der Waals surface area contributed by atoms with E-state index in [0.29, 0.717) is 0 Å². The van der Waals surface area contributed by atoms with Gasteiger partial charge in [-0.15, -0.1) is 24.0 Å². The van der Waals surface area contributed by atoms with Crippen molar-refractivity contribution in [2.24, 2.45) is 4.99 Å². The molecule has 1 heterocycles. The summed E-state index contributed by atoms with van der Waals surface area (Å²) in [7, 11) is 0. The number of hydrogen-bond donors (Lipinski definition) is 2. The molecule has 0 aromatic heterocycles. The van der Waals surface area contributed by atoms with E-state index in [-0.39, 0.29) is 29.4 Å². The second-order valence-electron chi connectivity index (χ2n) is 5.62. The molecule has 1 aromatic carbocycles. The molecule has 0 spiro atoms. The first kappa shape index (κ1) is 16.3. The number of hydrogen-bond acceptors (Lipinski definition) is 3. The summed E-state index contributed by atoms with van der Waals surface area (Å²) >= 11 is 0. The topological polar surface area (TPSA) is 36.4 Å². The number of benzene rings is 1. The maximum absolute atomic E-state index is 4.44. The minimum atomic E-state index is 0. The van der Waals surface area contributed by atoms with E-state index < -0.39 is 0 Å². The van der Waals surface area contributed by atoms with Crippen LogP contribution in [-0.2, 0) is 5.41 Å². The molecule has 2 rings (SSSR count). The SMILES string of the molecule is Cc1cccc(C(C)(C)CNC2=NCCCN2)c1.I. The van der Waals surface area contributed by atoms with Crippen molar-refractivity contribution in [2.75, 3.05) is 19.6 Å². The van der Waals surface area contributed by atoms with E-state index in [9.17, 15) is 0 Å². The van der Waals surface area contributed by atoms with Crippen LogP contribution in [0, 0.1) is 6.92 Å². The van der Waals surface area contributed by atoms with E-state index in [0.717, 1.165) is 32.0 Å². The van der Waals surface area contributed by atoms with Crippen LogP contribution < -0.4 is 10.6 Å². The van der Waals surface area contributed by atoms with Crippen LogP contribution in [0.15, 0.2) is 29.3 Å². The largest absolute Gasteiger partial charge is 0.356 e. The molecule has 106 valence electrons. The predicted molar refractivity (Wildman–Crippen MR) is 92.5 cm³/mol. The molecule has 0 atom stereocenters. The van der Waals surface area contributed by atoms with Crippen LogP contribution in [0.4, 0.5) is 0 Å². The third kappa shape index (κ3) is 4.67. The fourth-order valence-corrected chi connectivity index (χ4v) is 2.12. The molecule has 0 unspecified atom stereocenters. The highest BCUT2D eigenvalue weighted by Gasteiger charge is 2.21. The molecule has 1 aliphatic heterocycles. The molecule has 1 aliphatic rings. The summed E-state index contributed by atoms with van der Waals surface area (Å²) in [4.78, 5) is 4.44. The Morgan fingerprint density at radius 3 is 2.79 bits per heavy atom. The van der Waals surface area contributed by atoms with E-state index in [1.165, 1.54) is 11.1 Å². The molecule has 0 aliphatic carbocycles. The lowest BCUT2D eigenvalue weighted by molar-refractivity contribution is 0.505. The lowest BCUT2D eigenvalue weighted by Gasteiger charge is -2.28. The molecule has 0 radical (unpaired) electrons. The van der Waals surface area contributed by atoms with Crippen LogP contribution in [0.1, 0.15) is 31.4 Å². The highest BCUT2D eigenvalue weighted by atomic mass is 127. The minimum Gasteiger partial charge on any atom is -0.356 e. The van der Waals surface area contributed by atoms with Gasteiger partial charge in [0.15, 0.2) is 5.96 Å². The molecule has 0 fully saturated rings. The van der Waals surface area contributed by atoms with Gasteiger partial charge in [-0.2, -0.15) is 0 Å². The summed E-state index contributed by atoms with van der Waals surface area (Å²) in [6.45, 7) is 9.51. The van der Waals surface area contributed by atoms with Crippen molar-refractivity contribution in [3.63, 3.8) is 0 Å². The number of rotatable bonds is 3. The number of aliphatic imine (C=N–C) groups is 1. The van der Waals surface area contributed by atoms with Crippen molar-refractivity contribution >= 4 is 29.9 Å². The van der Waals surface area contributed by atoms with Gasteiger partial charge in [0.05, 0.1) is 0 Å². The average molecular weight is 373 g/mol. The maximum Gasteiger partial charge on any atom is 0.191 e. The van der Waals surface area contributed by atoms with Crippen molar-refractivity contribution in [3.05, 3.63) is 35.4 Å². The molecule has 0 saturated heterocycles. The van der Waals surface area contributed by atoms with Crippen LogP contribution in [0.25, 0.3) is 0 Å². The summed E-state index contributed by atoms with van der Waals surface area (Å²) in [5.41, 5.74) is 2.79. The normalized spacial score (nSPS) is 15.0. The third-order valence-electron chi connectivity index (χ3n) is 3.39. The van der Waals surface area contributed by atoms with Crippen LogP contribution in [0.5, 0.6) is 0 Å². The quantitative estimate of drug-likeness (QED) is 0.800. The molecule has 4 heteroatoms. The Bertz CT molecular complexity index is 441. The zero-order valence-corrected chi connectivity index (χ0v) is 14.3. The van der Waals surface area contributed by atoms with Gasteiger partial charge in [-0.05, 0) is 18.9 Å². The molecule has 19 heavy (non-hydrogen) atoms. The molecular formula is C15H24IN3. The minimum absolute atomic E-state index is 0. The fourth-order valence-electron chi connectivity index (χ4n) is 2.12. The van der Waals surface area contributed by atoms with Crippen molar-refractivity contribution in [3.8, 4) is 0 Å². The summed E-state index contributed by atoms with van der Waals surface area (Å²) in [6, 6.07) is 8.73. The summed E-state index contributed by atoms with van der Waals surface area (Å²) in [5, 5.41) is 6.71. The van der Waals surface area contributed by atoms with Gasteiger partial charge >= 0.3 is 0 Å². The number of nitrogens with one attached hydrogen (secondary N) is 2. The zero-order valence-electron chi connectivity index (χ0n) is 12.0. The first-order valence-electron chi connectivity index (χ1n) is 6.67. The van der Waals surface area contributed by atoms with Gasteiger partial charge in [-0.25, -0.2) is 0 Å². The Morgan fingerprint density at radius 1 is 1.37 bits per heavy atom. The van der Waals surface area contributed by atoms with Crippen molar-refractivity contribution in [1.82, 2.24) is 10.6 Å². The van der Waals surface area contributed by atoms with E-state index in [2.05, 4.69) is 60.7 Å². The summed E-state index contributed by atoms with van der Waals surface area (Å²) in [6.07, 6.45) is 1.13. The Balaban J connectivity index is 0.00000180. The second kappa shape index (κ2) is 7.12. The van der Waals surface area contributed by atoms with E-state index in [1.54, 1.807) is 0 Å². The van der Waals surface area contributed by atoms with E-state index in [1.807, 2.05) is 0 Å². The fraction of sp³-hybridized carbons (Fsp3) is 0.533. The monoisotopic (exact) mass is 373 g/mol. The smallest absolute Gasteiger partial charge is 0.191 e. The second-order valence-corrected chi connectivity index (χ2v) is 5.62. The molecule has 2 N–H and O–H groups in total. The Labute approximate surface area is 133 Å². The van der Waals surface area contributed by atoms with Crippen molar-refractivity contribution in [2.45, 2.75) is 32.6 Å². The lowest BCUT2D eigenvalue weighted by atomic mass is 9.84. The van der Waals surface area contributed by atoms with Crippen LogP contribution in [0.2, 0.25) is 0 Å². The highest BCUT2D eigenvalue weighted by molar-refractivity contribution is 14.0. The van der Waals surface area contributed by atoms with Crippen LogP contribution in [0.3, 0.4) is 0 Å². The molecule has 3 nitrogen and oxygen atoms in total. The number of halogens is 1. The van der Waals surface area contributed by atoms with Gasteiger partial charge in [0, 0.05) is 25.0 Å². The molecular weight excluding hydrogens is 349 g/mol. The Hall–Kier alpha value is -0.780. The molecule has 0 bridgehead atoms. The van der Waals surface area contributed by atoms with Gasteiger partial charge < -0.3 is 10.6 Å². The molecule has 0 saturated carbocycles. The predicted octanol–water partition coefficient (Wildman–Crippen LogP) is 2.83. The van der Waals surface area contributed by atoms with Crippen LogP contribution >= 0.6 is 24.0 Å². The van der Waals surface area contributed by atoms with Gasteiger partial charge in [-0.1, -0.05) is 43.7 Å². The summed E-state index contributed by atoms with van der Waals surface area (Å²) < 4.78 is 0. The zero-order chi connectivity index (χ0) is 13.0. The maximum atomic E-state index is 4.44. The highest BCUT2D eigenvalue weighted by Crippen LogP contribution is 2.22. The van der Waals surface area contributed by atoms with Crippen molar-refractivity contribution < 1.29 is 0 Å². The van der Waals surface area contributed by atoms with E-state index >= 15 is 0 Å².